The van der Waals surface area contributed by atoms with Crippen LogP contribution in [0.1, 0.15) is 24.1 Å². The molecule has 6 nitrogen and oxygen atoms in total. The molecule has 1 fully saturated rings. The number of nitrogens with one attached hydrogen (secondary N) is 3. The van der Waals surface area contributed by atoms with Crippen LogP contribution in [0, 0.1) is 19.8 Å². The first-order valence-corrected chi connectivity index (χ1v) is 9.07. The summed E-state index contributed by atoms with van der Waals surface area (Å²) >= 11 is 0. The van der Waals surface area contributed by atoms with Crippen molar-refractivity contribution in [3.63, 3.8) is 0 Å². The third-order valence-corrected chi connectivity index (χ3v) is 4.85. The van der Waals surface area contributed by atoms with E-state index >= 15 is 0 Å². The van der Waals surface area contributed by atoms with Crippen LogP contribution in [0.3, 0.4) is 0 Å². The zero-order valence-electron chi connectivity index (χ0n) is 15.1. The van der Waals surface area contributed by atoms with E-state index < -0.39 is 0 Å². The van der Waals surface area contributed by atoms with E-state index in [-0.39, 0.29) is 11.8 Å². The molecule has 26 heavy (non-hydrogen) atoms. The molecule has 0 radical (unpaired) electrons. The Balaban J connectivity index is 1.59. The summed E-state index contributed by atoms with van der Waals surface area (Å²) in [6.07, 6.45) is 2.04. The third-order valence-electron chi connectivity index (χ3n) is 4.85. The normalized spacial score (nSPS) is 13.8. The van der Waals surface area contributed by atoms with Crippen LogP contribution in [0.25, 0.3) is 22.4 Å². The second kappa shape index (κ2) is 6.78. The van der Waals surface area contributed by atoms with Crippen molar-refractivity contribution in [1.82, 2.24) is 20.3 Å². The van der Waals surface area contributed by atoms with Crippen LogP contribution in [-0.4, -0.2) is 33.9 Å². The van der Waals surface area contributed by atoms with Gasteiger partial charge in [0.2, 0.25) is 5.91 Å². The molecule has 0 bridgehead atoms. The number of fused-ring (bicyclic) bond motifs is 1. The summed E-state index contributed by atoms with van der Waals surface area (Å²) in [4.78, 5) is 24.6. The molecule has 6 heteroatoms. The maximum Gasteiger partial charge on any atom is 0.223 e. The van der Waals surface area contributed by atoms with Gasteiger partial charge in [0.1, 0.15) is 11.5 Å². The Morgan fingerprint density at radius 2 is 1.92 bits per heavy atom. The Labute approximate surface area is 152 Å². The minimum Gasteiger partial charge on any atom is -0.368 e. The van der Waals surface area contributed by atoms with Crippen LogP contribution in [0.2, 0.25) is 0 Å². The summed E-state index contributed by atoms with van der Waals surface area (Å²) in [6, 6.07) is 9.95. The number of amides is 1. The van der Waals surface area contributed by atoms with E-state index in [9.17, 15) is 4.79 Å². The number of aryl methyl sites for hydroxylation is 2. The second-order valence-corrected chi connectivity index (χ2v) is 6.85. The molecule has 2 heterocycles. The molecule has 4 rings (SSSR count). The SMILES string of the molecule is Cc1[nH]c2nc(-c3ccccc3)nc(NCCNC(=O)C3CC3)c2c1C. The summed E-state index contributed by atoms with van der Waals surface area (Å²) in [5, 5.41) is 7.37. The summed E-state index contributed by atoms with van der Waals surface area (Å²) < 4.78 is 0. The van der Waals surface area contributed by atoms with Gasteiger partial charge in [0.25, 0.3) is 0 Å². The van der Waals surface area contributed by atoms with Gasteiger partial charge in [0.05, 0.1) is 5.39 Å². The van der Waals surface area contributed by atoms with Crippen molar-refractivity contribution in [1.29, 1.82) is 0 Å². The summed E-state index contributed by atoms with van der Waals surface area (Å²) in [6.45, 7) is 5.32. The average Bonchev–Trinajstić information content (AvgIpc) is 3.46. The van der Waals surface area contributed by atoms with Gasteiger partial charge in [-0.1, -0.05) is 30.3 Å². The highest BCUT2D eigenvalue weighted by Crippen LogP contribution is 2.29. The van der Waals surface area contributed by atoms with Gasteiger partial charge in [-0.2, -0.15) is 0 Å². The van der Waals surface area contributed by atoms with E-state index in [0.29, 0.717) is 18.9 Å². The lowest BCUT2D eigenvalue weighted by Crippen LogP contribution is -2.30. The van der Waals surface area contributed by atoms with Crippen LogP contribution in [-0.2, 0) is 4.79 Å². The molecule has 0 atom stereocenters. The first-order chi connectivity index (χ1) is 12.6. The fourth-order valence-electron chi connectivity index (χ4n) is 3.07. The quantitative estimate of drug-likeness (QED) is 0.597. The molecule has 134 valence electrons. The van der Waals surface area contributed by atoms with Gasteiger partial charge in [-0.3, -0.25) is 4.79 Å². The Morgan fingerprint density at radius 3 is 2.65 bits per heavy atom. The fourth-order valence-corrected chi connectivity index (χ4v) is 3.07. The second-order valence-electron chi connectivity index (χ2n) is 6.85. The molecule has 1 amide bonds. The zero-order valence-corrected chi connectivity index (χ0v) is 15.1. The predicted molar refractivity (Wildman–Crippen MR) is 103 cm³/mol. The predicted octanol–water partition coefficient (Wildman–Crippen LogP) is 3.18. The molecule has 0 saturated heterocycles. The average molecular weight is 349 g/mol. The molecule has 0 aliphatic heterocycles. The lowest BCUT2D eigenvalue weighted by Gasteiger charge is -2.10. The fraction of sp³-hybridized carbons (Fsp3) is 0.350. The van der Waals surface area contributed by atoms with E-state index in [2.05, 4.69) is 22.5 Å². The van der Waals surface area contributed by atoms with E-state index in [1.807, 2.05) is 37.3 Å². The lowest BCUT2D eigenvalue weighted by molar-refractivity contribution is -0.122. The molecule has 1 saturated carbocycles. The Hall–Kier alpha value is -2.89. The van der Waals surface area contributed by atoms with Gasteiger partial charge in [-0.15, -0.1) is 0 Å². The number of H-pyrrole nitrogens is 1. The van der Waals surface area contributed by atoms with Gasteiger partial charge < -0.3 is 15.6 Å². The highest BCUT2D eigenvalue weighted by atomic mass is 16.2. The summed E-state index contributed by atoms with van der Waals surface area (Å²) in [5.41, 5.74) is 4.04. The zero-order chi connectivity index (χ0) is 18.1. The van der Waals surface area contributed by atoms with Crippen LogP contribution in [0.4, 0.5) is 5.82 Å². The maximum atomic E-state index is 11.8. The molecular weight excluding hydrogens is 326 g/mol. The molecule has 1 aliphatic carbocycles. The van der Waals surface area contributed by atoms with Gasteiger partial charge in [-0.25, -0.2) is 9.97 Å². The Bertz CT molecular complexity index is 944. The van der Waals surface area contributed by atoms with E-state index in [1.165, 1.54) is 0 Å². The van der Waals surface area contributed by atoms with Crippen molar-refractivity contribution >= 4 is 22.8 Å². The molecule has 0 unspecified atom stereocenters. The first kappa shape index (κ1) is 16.6. The van der Waals surface area contributed by atoms with Crippen molar-refractivity contribution in [2.24, 2.45) is 5.92 Å². The van der Waals surface area contributed by atoms with E-state index in [1.54, 1.807) is 0 Å². The molecule has 1 aliphatic rings. The largest absolute Gasteiger partial charge is 0.368 e. The highest BCUT2D eigenvalue weighted by Gasteiger charge is 2.29. The topological polar surface area (TPSA) is 82.7 Å². The minimum atomic E-state index is 0.165. The van der Waals surface area contributed by atoms with Crippen molar-refractivity contribution in [3.05, 3.63) is 41.6 Å². The van der Waals surface area contributed by atoms with Crippen molar-refractivity contribution in [2.45, 2.75) is 26.7 Å². The number of anilines is 1. The van der Waals surface area contributed by atoms with E-state index in [0.717, 1.165) is 46.5 Å². The maximum absolute atomic E-state index is 11.8. The molecule has 3 N–H and O–H groups in total. The monoisotopic (exact) mass is 349 g/mol. The molecule has 3 aromatic rings. The standard InChI is InChI=1S/C20H23N5O/c1-12-13(2)23-19-16(12)18(21-10-11-22-20(26)15-8-9-15)24-17(25-19)14-6-4-3-5-7-14/h3-7,15H,8-11H2,1-2H3,(H,22,26)(H2,21,23,24,25). The Morgan fingerprint density at radius 1 is 1.15 bits per heavy atom. The third kappa shape index (κ3) is 3.27. The first-order valence-electron chi connectivity index (χ1n) is 9.07. The molecule has 2 aromatic heterocycles. The number of benzene rings is 1. The summed E-state index contributed by atoms with van der Waals surface area (Å²) in [5.74, 6) is 1.89. The van der Waals surface area contributed by atoms with Gasteiger partial charge in [0, 0.05) is 30.3 Å². The van der Waals surface area contributed by atoms with Gasteiger partial charge in [0.15, 0.2) is 5.82 Å². The van der Waals surface area contributed by atoms with E-state index in [4.69, 9.17) is 9.97 Å². The lowest BCUT2D eigenvalue weighted by atomic mass is 10.2. The highest BCUT2D eigenvalue weighted by molar-refractivity contribution is 5.92. The van der Waals surface area contributed by atoms with Crippen LogP contribution in [0.5, 0.6) is 0 Å². The van der Waals surface area contributed by atoms with Gasteiger partial charge >= 0.3 is 0 Å². The molecule has 1 aromatic carbocycles. The minimum absolute atomic E-state index is 0.165. The molecular formula is C20H23N5O. The smallest absolute Gasteiger partial charge is 0.223 e. The van der Waals surface area contributed by atoms with Crippen LogP contribution in [0.15, 0.2) is 30.3 Å². The van der Waals surface area contributed by atoms with Crippen LogP contribution < -0.4 is 10.6 Å². The number of hydrogen-bond acceptors (Lipinski definition) is 4. The van der Waals surface area contributed by atoms with Crippen LogP contribution >= 0.6 is 0 Å². The number of aromatic amines is 1. The number of nitrogens with zero attached hydrogens (tertiary/aromatic N) is 2. The number of rotatable bonds is 6. The van der Waals surface area contributed by atoms with Gasteiger partial charge in [-0.05, 0) is 32.3 Å². The Kier molecular flexibility index (Phi) is 4.32. The number of carbonyl (C=O) groups excluding carboxylic acids is 1. The number of carbonyl (C=O) groups is 1. The molecule has 0 spiro atoms. The van der Waals surface area contributed by atoms with Crippen molar-refractivity contribution in [2.75, 3.05) is 18.4 Å². The number of aromatic nitrogens is 3. The number of hydrogen-bond donors (Lipinski definition) is 3. The summed E-state index contributed by atoms with van der Waals surface area (Å²) in [7, 11) is 0. The van der Waals surface area contributed by atoms with Crippen molar-refractivity contribution < 1.29 is 4.79 Å². The van der Waals surface area contributed by atoms with Crippen molar-refractivity contribution in [3.8, 4) is 11.4 Å².